The molecule has 5 nitrogen and oxygen atoms in total. The summed E-state index contributed by atoms with van der Waals surface area (Å²) in [5, 5.41) is 6.71. The monoisotopic (exact) mass is 268 g/mol. The van der Waals surface area contributed by atoms with Gasteiger partial charge in [-0.1, -0.05) is 30.3 Å². The number of hydrogen-bond acceptors (Lipinski definition) is 3. The van der Waals surface area contributed by atoms with E-state index in [0.717, 1.165) is 5.56 Å². The molecule has 0 heterocycles. The van der Waals surface area contributed by atoms with Crippen LogP contribution in [0.15, 0.2) is 59.7 Å². The van der Waals surface area contributed by atoms with Crippen molar-refractivity contribution < 1.29 is 4.79 Å². The molecule has 0 bridgehead atoms. The van der Waals surface area contributed by atoms with E-state index in [1.165, 1.54) is 0 Å². The summed E-state index contributed by atoms with van der Waals surface area (Å²) in [5.41, 5.74) is 11.1. The number of para-hydroxylation sites is 1. The highest BCUT2D eigenvalue weighted by atomic mass is 16.2. The number of urea groups is 1. The molecule has 0 radical (unpaired) electrons. The fraction of sp³-hybridized carbons (Fsp3) is 0.0667. The molecule has 0 fully saturated rings. The van der Waals surface area contributed by atoms with Crippen LogP contribution >= 0.6 is 0 Å². The molecule has 2 aromatic rings. The molecule has 0 saturated carbocycles. The smallest absolute Gasteiger partial charge is 0.339 e. The van der Waals surface area contributed by atoms with Gasteiger partial charge in [-0.2, -0.15) is 5.10 Å². The number of anilines is 2. The molecule has 0 aliphatic carbocycles. The van der Waals surface area contributed by atoms with E-state index in [9.17, 15) is 4.79 Å². The van der Waals surface area contributed by atoms with Gasteiger partial charge in [0.1, 0.15) is 0 Å². The number of rotatable bonds is 3. The molecular weight excluding hydrogens is 252 g/mol. The zero-order valence-electron chi connectivity index (χ0n) is 11.1. The highest BCUT2D eigenvalue weighted by molar-refractivity contribution is 6.00. The average molecular weight is 268 g/mol. The van der Waals surface area contributed by atoms with Crippen LogP contribution in [-0.4, -0.2) is 11.7 Å². The van der Waals surface area contributed by atoms with Crippen LogP contribution in [0.3, 0.4) is 0 Å². The van der Waals surface area contributed by atoms with E-state index in [0.29, 0.717) is 17.1 Å². The predicted octanol–water partition coefficient (Wildman–Crippen LogP) is 2.81. The second-order valence-corrected chi connectivity index (χ2v) is 4.25. The van der Waals surface area contributed by atoms with Crippen molar-refractivity contribution in [3.8, 4) is 0 Å². The number of nitrogens with one attached hydrogen (secondary N) is 2. The Morgan fingerprint density at radius 3 is 2.55 bits per heavy atom. The minimum atomic E-state index is -0.389. The van der Waals surface area contributed by atoms with Gasteiger partial charge in [-0.15, -0.1) is 0 Å². The third-order valence-corrected chi connectivity index (χ3v) is 2.66. The van der Waals surface area contributed by atoms with Crippen molar-refractivity contribution in [2.45, 2.75) is 6.92 Å². The predicted molar refractivity (Wildman–Crippen MR) is 81.7 cm³/mol. The van der Waals surface area contributed by atoms with Crippen molar-refractivity contribution in [1.82, 2.24) is 5.43 Å². The van der Waals surface area contributed by atoms with Gasteiger partial charge in [-0.3, -0.25) is 0 Å². The largest absolute Gasteiger partial charge is 0.399 e. The zero-order valence-corrected chi connectivity index (χ0v) is 11.1. The number of carbonyl (C=O) groups is 1. The van der Waals surface area contributed by atoms with Crippen molar-refractivity contribution >= 4 is 23.1 Å². The molecule has 0 aliphatic rings. The Morgan fingerprint density at radius 2 is 1.85 bits per heavy atom. The van der Waals surface area contributed by atoms with Gasteiger partial charge in [0.15, 0.2) is 0 Å². The number of nitrogen functional groups attached to an aromatic ring is 1. The molecule has 2 amide bonds. The Labute approximate surface area is 117 Å². The highest BCUT2D eigenvalue weighted by Crippen LogP contribution is 2.07. The number of nitrogens with two attached hydrogens (primary N) is 1. The lowest BCUT2D eigenvalue weighted by molar-refractivity contribution is 0.252. The lowest BCUT2D eigenvalue weighted by Crippen LogP contribution is -2.25. The van der Waals surface area contributed by atoms with Crippen LogP contribution in [0.25, 0.3) is 0 Å². The topological polar surface area (TPSA) is 79.5 Å². The molecule has 2 aromatic carbocycles. The first-order valence-corrected chi connectivity index (χ1v) is 6.17. The van der Waals surface area contributed by atoms with Gasteiger partial charge in [-0.25, -0.2) is 10.2 Å². The van der Waals surface area contributed by atoms with Crippen molar-refractivity contribution in [3.63, 3.8) is 0 Å². The second-order valence-electron chi connectivity index (χ2n) is 4.25. The van der Waals surface area contributed by atoms with Crippen LogP contribution in [0.2, 0.25) is 0 Å². The number of amides is 2. The Kier molecular flexibility index (Phi) is 4.34. The number of hydrogen-bond donors (Lipinski definition) is 3. The van der Waals surface area contributed by atoms with E-state index >= 15 is 0 Å². The molecule has 0 aromatic heterocycles. The first-order chi connectivity index (χ1) is 9.65. The average Bonchev–Trinajstić information content (AvgIpc) is 2.46. The maximum Gasteiger partial charge on any atom is 0.339 e. The zero-order chi connectivity index (χ0) is 14.4. The summed E-state index contributed by atoms with van der Waals surface area (Å²) in [7, 11) is 0. The fourth-order valence-electron chi connectivity index (χ4n) is 1.64. The summed E-state index contributed by atoms with van der Waals surface area (Å²) in [6.07, 6.45) is 0. The van der Waals surface area contributed by atoms with E-state index in [4.69, 9.17) is 5.73 Å². The molecule has 5 heteroatoms. The van der Waals surface area contributed by atoms with Crippen LogP contribution in [0.1, 0.15) is 12.5 Å². The van der Waals surface area contributed by atoms with E-state index in [1.54, 1.807) is 31.2 Å². The summed E-state index contributed by atoms with van der Waals surface area (Å²) in [6.45, 7) is 1.80. The van der Waals surface area contributed by atoms with Gasteiger partial charge in [0.25, 0.3) is 0 Å². The summed E-state index contributed by atoms with van der Waals surface area (Å²) in [6, 6.07) is 16.1. The molecule has 0 unspecified atom stereocenters. The molecule has 0 saturated heterocycles. The number of nitrogens with zero attached hydrogens (tertiary/aromatic N) is 1. The molecule has 102 valence electrons. The second kappa shape index (κ2) is 6.38. The van der Waals surface area contributed by atoms with E-state index in [2.05, 4.69) is 15.8 Å². The first kappa shape index (κ1) is 13.6. The quantitative estimate of drug-likeness (QED) is 0.454. The highest BCUT2D eigenvalue weighted by Gasteiger charge is 2.01. The van der Waals surface area contributed by atoms with Crippen molar-refractivity contribution in [3.05, 3.63) is 60.2 Å². The Morgan fingerprint density at radius 1 is 1.10 bits per heavy atom. The van der Waals surface area contributed by atoms with E-state index in [-0.39, 0.29) is 6.03 Å². The molecule has 2 rings (SSSR count). The first-order valence-electron chi connectivity index (χ1n) is 6.17. The van der Waals surface area contributed by atoms with Gasteiger partial charge in [-0.05, 0) is 36.8 Å². The van der Waals surface area contributed by atoms with Crippen LogP contribution in [0, 0.1) is 0 Å². The van der Waals surface area contributed by atoms with Gasteiger partial charge >= 0.3 is 6.03 Å². The van der Waals surface area contributed by atoms with Crippen LogP contribution in [-0.2, 0) is 0 Å². The molecule has 20 heavy (non-hydrogen) atoms. The third kappa shape index (κ3) is 3.84. The van der Waals surface area contributed by atoms with Crippen LogP contribution in [0.4, 0.5) is 16.2 Å². The van der Waals surface area contributed by atoms with Crippen molar-refractivity contribution in [1.29, 1.82) is 0 Å². The van der Waals surface area contributed by atoms with Gasteiger partial charge in [0.2, 0.25) is 0 Å². The molecule has 4 N–H and O–H groups in total. The number of benzene rings is 2. The number of hydrazone groups is 1. The van der Waals surface area contributed by atoms with E-state index < -0.39 is 0 Å². The minimum Gasteiger partial charge on any atom is -0.399 e. The molecule has 0 atom stereocenters. The standard InChI is InChI=1S/C15H16N4O/c1-11(12-6-5-7-13(16)10-12)18-19-15(20)17-14-8-3-2-4-9-14/h2-10H,16H2,1H3,(H2,17,19,20)/b18-11-. The van der Waals surface area contributed by atoms with E-state index in [1.807, 2.05) is 30.3 Å². The van der Waals surface area contributed by atoms with Crippen LogP contribution in [0.5, 0.6) is 0 Å². The number of carbonyl (C=O) groups excluding carboxylic acids is 1. The lowest BCUT2D eigenvalue weighted by atomic mass is 10.1. The van der Waals surface area contributed by atoms with Gasteiger partial charge in [0, 0.05) is 11.4 Å². The molecule has 0 aliphatic heterocycles. The fourth-order valence-corrected chi connectivity index (χ4v) is 1.64. The maximum atomic E-state index is 11.7. The molecular formula is C15H16N4O. The van der Waals surface area contributed by atoms with Crippen LogP contribution < -0.4 is 16.5 Å². The summed E-state index contributed by atoms with van der Waals surface area (Å²) in [4.78, 5) is 11.7. The van der Waals surface area contributed by atoms with Crippen molar-refractivity contribution in [2.24, 2.45) is 5.10 Å². The Balaban J connectivity index is 1.97. The Hall–Kier alpha value is -2.82. The molecule has 0 spiro atoms. The summed E-state index contributed by atoms with van der Waals surface area (Å²) >= 11 is 0. The minimum absolute atomic E-state index is 0.389. The third-order valence-electron chi connectivity index (χ3n) is 2.66. The lowest BCUT2D eigenvalue weighted by Gasteiger charge is -2.05. The Bertz CT molecular complexity index is 623. The van der Waals surface area contributed by atoms with Gasteiger partial charge < -0.3 is 11.1 Å². The normalized spacial score (nSPS) is 10.9. The summed E-state index contributed by atoms with van der Waals surface area (Å²) < 4.78 is 0. The summed E-state index contributed by atoms with van der Waals surface area (Å²) in [5.74, 6) is 0. The SMILES string of the molecule is C/C(=N/NC(=O)Nc1ccccc1)c1cccc(N)c1. The van der Waals surface area contributed by atoms with Gasteiger partial charge in [0.05, 0.1) is 5.71 Å². The van der Waals surface area contributed by atoms with Crippen molar-refractivity contribution in [2.75, 3.05) is 11.1 Å². The maximum absolute atomic E-state index is 11.7.